The van der Waals surface area contributed by atoms with E-state index in [1.807, 2.05) is 0 Å². The third kappa shape index (κ3) is 3.71. The van der Waals surface area contributed by atoms with Crippen molar-refractivity contribution in [2.45, 2.75) is 25.3 Å². The minimum absolute atomic E-state index is 0.0348. The number of allylic oxidation sites excluding steroid dienone is 1. The van der Waals surface area contributed by atoms with Crippen LogP contribution >= 0.6 is 0 Å². The van der Waals surface area contributed by atoms with E-state index in [-0.39, 0.29) is 23.6 Å². The molecule has 8 heteroatoms. The van der Waals surface area contributed by atoms with Gasteiger partial charge in [-0.3, -0.25) is 9.59 Å². The van der Waals surface area contributed by atoms with Crippen molar-refractivity contribution in [2.24, 2.45) is 0 Å². The molecule has 0 saturated heterocycles. The predicted octanol–water partition coefficient (Wildman–Crippen LogP) is 3.31. The van der Waals surface area contributed by atoms with Crippen LogP contribution in [0.5, 0.6) is 0 Å². The Balaban J connectivity index is 1.75. The first kappa shape index (κ1) is 19.5. The Labute approximate surface area is 169 Å². The number of aromatic amines is 1. The van der Waals surface area contributed by atoms with Gasteiger partial charge in [0.25, 0.3) is 0 Å². The first-order valence-corrected chi connectivity index (χ1v) is 9.36. The van der Waals surface area contributed by atoms with Crippen molar-refractivity contribution >= 4 is 29.2 Å². The Morgan fingerprint density at radius 1 is 1.37 bits per heavy atom. The van der Waals surface area contributed by atoms with Crippen molar-refractivity contribution in [1.29, 1.82) is 0 Å². The topological polar surface area (TPSA) is 105 Å². The number of aromatic carboxylic acids is 1. The monoisotopic (exact) mass is 407 g/mol. The van der Waals surface area contributed by atoms with Gasteiger partial charge in [0.1, 0.15) is 17.0 Å². The van der Waals surface area contributed by atoms with E-state index in [4.69, 9.17) is 0 Å². The van der Waals surface area contributed by atoms with Crippen molar-refractivity contribution in [3.8, 4) is 0 Å². The van der Waals surface area contributed by atoms with Crippen LogP contribution < -0.4 is 11.0 Å². The van der Waals surface area contributed by atoms with Gasteiger partial charge in [0, 0.05) is 41.9 Å². The number of nitrogens with zero attached hydrogens (tertiary/aromatic N) is 2. The summed E-state index contributed by atoms with van der Waals surface area (Å²) in [5.74, 6) is -1.97. The molecule has 30 heavy (non-hydrogen) atoms. The summed E-state index contributed by atoms with van der Waals surface area (Å²) in [5, 5.41) is 10.0. The third-order valence-corrected chi connectivity index (χ3v) is 4.98. The maximum Gasteiger partial charge on any atom is 0.341 e. The Hall–Kier alpha value is -3.81. The molecule has 7 nitrogen and oxygen atoms in total. The minimum atomic E-state index is -1.35. The quantitative estimate of drug-likeness (QED) is 0.652. The molecule has 0 bridgehead atoms. The Bertz CT molecular complexity index is 1330. The average molecular weight is 407 g/mol. The second-order valence-electron chi connectivity index (χ2n) is 7.19. The number of carboxylic acids is 1. The number of hydrogen-bond acceptors (Lipinski definition) is 4. The molecule has 0 amide bonds. The Morgan fingerprint density at radius 2 is 2.13 bits per heavy atom. The van der Waals surface area contributed by atoms with Crippen molar-refractivity contribution < 1.29 is 14.3 Å². The summed E-state index contributed by atoms with van der Waals surface area (Å²) >= 11 is 0. The van der Waals surface area contributed by atoms with Crippen LogP contribution in [0.25, 0.3) is 23.2 Å². The van der Waals surface area contributed by atoms with Gasteiger partial charge in [0.2, 0.25) is 11.0 Å². The zero-order chi connectivity index (χ0) is 21.4. The molecule has 1 fully saturated rings. The largest absolute Gasteiger partial charge is 0.477 e. The number of carboxylic acid groups (broad SMARTS) is 1. The molecule has 1 aliphatic carbocycles. The van der Waals surface area contributed by atoms with E-state index >= 15 is 0 Å². The molecule has 0 aliphatic heterocycles. The third-order valence-electron chi connectivity index (χ3n) is 4.98. The summed E-state index contributed by atoms with van der Waals surface area (Å²) in [5.41, 5.74) is -0.131. The first-order valence-electron chi connectivity index (χ1n) is 9.36. The summed E-state index contributed by atoms with van der Waals surface area (Å²) in [6.45, 7) is 3.71. The number of rotatable bonds is 6. The first-order chi connectivity index (χ1) is 14.4. The molecular weight excluding hydrogens is 389 g/mol. The number of aromatic nitrogens is 3. The number of hydrogen-bond donors (Lipinski definition) is 2. The highest BCUT2D eigenvalue weighted by Gasteiger charge is 2.28. The van der Waals surface area contributed by atoms with Gasteiger partial charge in [-0.25, -0.2) is 14.2 Å². The molecule has 0 atom stereocenters. The highest BCUT2D eigenvalue weighted by Crippen LogP contribution is 2.37. The lowest BCUT2D eigenvalue weighted by molar-refractivity contribution is 0.0694. The maximum atomic E-state index is 14.9. The summed E-state index contributed by atoms with van der Waals surface area (Å²) in [6, 6.07) is 4.72. The average Bonchev–Trinajstić information content (AvgIpc) is 3.54. The number of fused-ring (bicyclic) bond motifs is 1. The predicted molar refractivity (Wildman–Crippen MR) is 111 cm³/mol. The number of halogens is 1. The molecule has 0 aromatic carbocycles. The second-order valence-corrected chi connectivity index (χ2v) is 7.19. The van der Waals surface area contributed by atoms with Crippen LogP contribution in [0.1, 0.15) is 46.1 Å². The summed E-state index contributed by atoms with van der Waals surface area (Å²) < 4.78 is 16.5. The van der Waals surface area contributed by atoms with Crippen molar-refractivity contribution in [3.05, 3.63) is 86.0 Å². The lowest BCUT2D eigenvalue weighted by Crippen LogP contribution is -2.22. The van der Waals surface area contributed by atoms with Gasteiger partial charge in [-0.05, 0) is 42.7 Å². The number of carbonyl (C=O) groups is 1. The van der Waals surface area contributed by atoms with Crippen molar-refractivity contribution in [1.82, 2.24) is 14.5 Å². The summed E-state index contributed by atoms with van der Waals surface area (Å²) in [4.78, 5) is 42.3. The minimum Gasteiger partial charge on any atom is -0.477 e. The van der Waals surface area contributed by atoms with Crippen LogP contribution in [0.15, 0.2) is 52.6 Å². The van der Waals surface area contributed by atoms with Crippen LogP contribution in [0.4, 0.5) is 4.39 Å². The standard InChI is InChI=1S/C22H18FN3O4/c1-2-18-16(20(28)17(22(29)30)11-26(18)15-4-5-15)9-14(23)8-12-7-13-3-6-19(27)25-21(13)24-10-12/h2-3,6-7,9-11,15H,1,4-5,8H2,(H,29,30)(H,24,25,27)/b14-9+. The molecule has 3 aromatic heterocycles. The number of pyridine rings is 3. The fraction of sp³-hybridized carbons (Fsp3) is 0.182. The van der Waals surface area contributed by atoms with Crippen LogP contribution in [0.3, 0.4) is 0 Å². The molecule has 3 aromatic rings. The molecule has 0 spiro atoms. The normalized spacial score (nSPS) is 14.1. The maximum absolute atomic E-state index is 14.9. The molecule has 0 radical (unpaired) electrons. The second kappa shape index (κ2) is 7.55. The van der Waals surface area contributed by atoms with Crippen LogP contribution in [-0.4, -0.2) is 25.6 Å². The molecule has 2 N–H and O–H groups in total. The summed E-state index contributed by atoms with van der Waals surface area (Å²) in [6.07, 6.45) is 6.84. The number of nitrogens with one attached hydrogen (secondary N) is 1. The molecule has 3 heterocycles. The number of H-pyrrole nitrogens is 1. The Morgan fingerprint density at radius 3 is 2.80 bits per heavy atom. The van der Waals surface area contributed by atoms with Gasteiger partial charge >= 0.3 is 5.97 Å². The SMILES string of the molecule is C=Cc1c(/C=C(/F)Cc2cnc3[nH]c(=O)ccc3c2)c(=O)c(C(=O)O)cn1C1CC1. The van der Waals surface area contributed by atoms with Crippen molar-refractivity contribution in [3.63, 3.8) is 0 Å². The van der Waals surface area contributed by atoms with E-state index in [1.54, 1.807) is 16.7 Å². The van der Waals surface area contributed by atoms with Crippen LogP contribution in [0, 0.1) is 0 Å². The summed E-state index contributed by atoms with van der Waals surface area (Å²) in [7, 11) is 0. The van der Waals surface area contributed by atoms with Gasteiger partial charge < -0.3 is 14.7 Å². The van der Waals surface area contributed by atoms with Gasteiger partial charge in [-0.1, -0.05) is 6.58 Å². The smallest absolute Gasteiger partial charge is 0.341 e. The van der Waals surface area contributed by atoms with E-state index in [0.717, 1.165) is 18.9 Å². The highest BCUT2D eigenvalue weighted by molar-refractivity contribution is 5.88. The lowest BCUT2D eigenvalue weighted by atomic mass is 10.1. The van der Waals surface area contributed by atoms with E-state index in [1.165, 1.54) is 24.5 Å². The lowest BCUT2D eigenvalue weighted by Gasteiger charge is -2.14. The molecule has 1 aliphatic rings. The van der Waals surface area contributed by atoms with Crippen LogP contribution in [-0.2, 0) is 6.42 Å². The van der Waals surface area contributed by atoms with Gasteiger partial charge in [0.05, 0.1) is 5.69 Å². The fourth-order valence-corrected chi connectivity index (χ4v) is 3.41. The van der Waals surface area contributed by atoms with E-state index in [0.29, 0.717) is 22.3 Å². The molecule has 1 saturated carbocycles. The zero-order valence-electron chi connectivity index (χ0n) is 15.9. The van der Waals surface area contributed by atoms with E-state index < -0.39 is 22.8 Å². The van der Waals surface area contributed by atoms with Gasteiger partial charge in [-0.2, -0.15) is 0 Å². The van der Waals surface area contributed by atoms with Crippen molar-refractivity contribution in [2.75, 3.05) is 0 Å². The molecular formula is C22H18FN3O4. The molecule has 4 rings (SSSR count). The highest BCUT2D eigenvalue weighted by atomic mass is 19.1. The fourth-order valence-electron chi connectivity index (χ4n) is 3.41. The van der Waals surface area contributed by atoms with Gasteiger partial charge in [0.15, 0.2) is 0 Å². The van der Waals surface area contributed by atoms with Gasteiger partial charge in [-0.15, -0.1) is 0 Å². The molecule has 0 unspecified atom stereocenters. The van der Waals surface area contributed by atoms with Crippen LogP contribution in [0.2, 0.25) is 0 Å². The van der Waals surface area contributed by atoms with E-state index in [2.05, 4.69) is 16.5 Å². The van der Waals surface area contributed by atoms with E-state index in [9.17, 15) is 23.9 Å². The Kier molecular flexibility index (Phi) is 4.91. The molecule has 152 valence electrons. The zero-order valence-corrected chi connectivity index (χ0v) is 15.9.